The molecule has 0 saturated carbocycles. The van der Waals surface area contributed by atoms with E-state index in [4.69, 9.17) is 0 Å². The van der Waals surface area contributed by atoms with Crippen LogP contribution in [0.4, 0.5) is 0 Å². The molecule has 0 bridgehead atoms. The van der Waals surface area contributed by atoms with E-state index >= 15 is 0 Å². The molecule has 0 aliphatic heterocycles. The van der Waals surface area contributed by atoms with Crippen molar-refractivity contribution in [3.05, 3.63) is 106 Å². The van der Waals surface area contributed by atoms with Crippen LogP contribution < -0.4 is 16.4 Å². The first-order valence-corrected chi connectivity index (χ1v) is 9.95. The molecule has 4 rings (SSSR count). The van der Waals surface area contributed by atoms with Gasteiger partial charge in [0.05, 0.1) is 0 Å². The lowest BCUT2D eigenvalue weighted by molar-refractivity contribution is 0.0930. The first kappa shape index (κ1) is 19.7. The lowest BCUT2D eigenvalue weighted by Crippen LogP contribution is -2.37. The zero-order chi connectivity index (χ0) is 21.1. The van der Waals surface area contributed by atoms with Gasteiger partial charge in [0, 0.05) is 31.1 Å². The van der Waals surface area contributed by atoms with Crippen LogP contribution in [0.15, 0.2) is 77.7 Å². The van der Waals surface area contributed by atoms with E-state index in [-0.39, 0.29) is 17.4 Å². The van der Waals surface area contributed by atoms with E-state index in [9.17, 15) is 9.59 Å². The van der Waals surface area contributed by atoms with E-state index in [1.807, 2.05) is 49.5 Å². The Balaban J connectivity index is 1.95. The van der Waals surface area contributed by atoms with Crippen molar-refractivity contribution < 1.29 is 4.79 Å². The summed E-state index contributed by atoms with van der Waals surface area (Å²) in [6.45, 7) is 2.49. The van der Waals surface area contributed by atoms with Gasteiger partial charge in [-0.1, -0.05) is 67.6 Å². The molecular weight excluding hydrogens is 376 g/mol. The topological polar surface area (TPSA) is 78.9 Å². The summed E-state index contributed by atoms with van der Waals surface area (Å²) in [6, 6.07) is 22.1. The number of aromatic amines is 1. The number of aromatic nitrogens is 2. The first-order chi connectivity index (χ1) is 14.6. The molecule has 0 spiro atoms. The molecule has 6 nitrogen and oxygen atoms in total. The summed E-state index contributed by atoms with van der Waals surface area (Å²) in [5.41, 5.74) is 9.22. The first-order valence-electron chi connectivity index (χ1n) is 9.95. The number of carbonyl (C=O) groups is 1. The van der Waals surface area contributed by atoms with Crippen molar-refractivity contribution in [1.29, 1.82) is 0 Å². The van der Waals surface area contributed by atoms with E-state index < -0.39 is 0 Å². The Morgan fingerprint density at radius 1 is 1.03 bits per heavy atom. The summed E-state index contributed by atoms with van der Waals surface area (Å²) >= 11 is 0. The zero-order valence-electron chi connectivity index (χ0n) is 17.0. The molecule has 0 fully saturated rings. The summed E-state index contributed by atoms with van der Waals surface area (Å²) in [4.78, 5) is 28.3. The maximum atomic E-state index is 12.8. The predicted octanol–water partition coefficient (Wildman–Crippen LogP) is 3.30. The molecule has 2 aromatic heterocycles. The average molecular weight is 400 g/mol. The molecule has 4 aromatic rings. The maximum Gasteiger partial charge on any atom is 0.281 e. The van der Waals surface area contributed by atoms with Gasteiger partial charge in [-0.15, -0.1) is 0 Å². The largest absolute Gasteiger partial charge is 0.346 e. The summed E-state index contributed by atoms with van der Waals surface area (Å²) in [5, 5.41) is 0.748. The quantitative estimate of drug-likeness (QED) is 0.435. The highest BCUT2D eigenvalue weighted by atomic mass is 16.2. The van der Waals surface area contributed by atoms with Crippen LogP contribution >= 0.6 is 0 Å². The number of nitrogens with zero attached hydrogens (tertiary/aromatic N) is 1. The summed E-state index contributed by atoms with van der Waals surface area (Å²) in [6.07, 6.45) is 1.87. The van der Waals surface area contributed by atoms with Crippen molar-refractivity contribution in [2.24, 2.45) is 7.05 Å². The summed E-state index contributed by atoms with van der Waals surface area (Å²) in [5.74, 6) is -0.390. The highest BCUT2D eigenvalue weighted by Gasteiger charge is 2.23. The molecule has 0 unspecified atom stereocenters. The molecule has 152 valence electrons. The molecule has 0 radical (unpaired) electrons. The van der Waals surface area contributed by atoms with Gasteiger partial charge in [-0.05, 0) is 22.8 Å². The van der Waals surface area contributed by atoms with Crippen LogP contribution in [0.25, 0.3) is 10.9 Å². The van der Waals surface area contributed by atoms with Gasteiger partial charge in [0.15, 0.2) is 0 Å². The van der Waals surface area contributed by atoms with Crippen molar-refractivity contribution in [2.75, 3.05) is 6.54 Å². The Kier molecular flexibility index (Phi) is 5.50. The van der Waals surface area contributed by atoms with Crippen molar-refractivity contribution in [3.63, 3.8) is 0 Å². The number of amides is 1. The van der Waals surface area contributed by atoms with Crippen LogP contribution in [-0.4, -0.2) is 22.0 Å². The minimum Gasteiger partial charge on any atom is -0.346 e. The van der Waals surface area contributed by atoms with E-state index in [2.05, 4.69) is 40.1 Å². The number of hydrogen-bond donors (Lipinski definition) is 3. The SMILES string of the molecule is CCNNC(=O)c1cc2c(C(c3ccccc3)c3ccccc3)cn(C)c(=O)c2[nH]1. The number of nitrogens with one attached hydrogen (secondary N) is 3. The Hall–Kier alpha value is -3.64. The van der Waals surface area contributed by atoms with Crippen LogP contribution in [0, 0.1) is 0 Å². The number of H-pyrrole nitrogens is 1. The van der Waals surface area contributed by atoms with Gasteiger partial charge >= 0.3 is 0 Å². The molecule has 2 heterocycles. The molecule has 3 N–H and O–H groups in total. The highest BCUT2D eigenvalue weighted by Crippen LogP contribution is 2.35. The third-order valence-corrected chi connectivity index (χ3v) is 5.20. The number of hydrazine groups is 1. The van der Waals surface area contributed by atoms with Crippen LogP contribution in [0.1, 0.15) is 40.0 Å². The van der Waals surface area contributed by atoms with Gasteiger partial charge in [0.25, 0.3) is 11.5 Å². The van der Waals surface area contributed by atoms with Gasteiger partial charge in [-0.2, -0.15) is 0 Å². The van der Waals surface area contributed by atoms with E-state index in [0.29, 0.717) is 17.8 Å². The molecule has 30 heavy (non-hydrogen) atoms. The van der Waals surface area contributed by atoms with Crippen LogP contribution in [0.2, 0.25) is 0 Å². The Morgan fingerprint density at radius 3 is 2.20 bits per heavy atom. The average Bonchev–Trinajstić information content (AvgIpc) is 3.23. The minimum absolute atomic E-state index is 0.0813. The number of rotatable bonds is 6. The lowest BCUT2D eigenvalue weighted by atomic mass is 9.84. The number of carbonyl (C=O) groups excluding carboxylic acids is 1. The van der Waals surface area contributed by atoms with Gasteiger partial charge in [-0.3, -0.25) is 15.0 Å². The smallest absolute Gasteiger partial charge is 0.281 e. The molecular formula is C24H24N4O2. The number of aryl methyl sites for hydroxylation is 1. The van der Waals surface area contributed by atoms with Gasteiger partial charge in [-0.25, -0.2) is 5.43 Å². The minimum atomic E-state index is -0.308. The third kappa shape index (κ3) is 3.65. The molecule has 1 amide bonds. The predicted molar refractivity (Wildman–Crippen MR) is 119 cm³/mol. The van der Waals surface area contributed by atoms with Crippen molar-refractivity contribution in [1.82, 2.24) is 20.4 Å². The normalized spacial score (nSPS) is 11.2. The second kappa shape index (κ2) is 8.39. The second-order valence-corrected chi connectivity index (χ2v) is 7.21. The van der Waals surface area contributed by atoms with Crippen LogP contribution in [0.5, 0.6) is 0 Å². The molecule has 2 aromatic carbocycles. The van der Waals surface area contributed by atoms with E-state index in [1.54, 1.807) is 17.7 Å². The molecule has 6 heteroatoms. The Morgan fingerprint density at radius 2 is 1.63 bits per heavy atom. The molecule has 0 aliphatic carbocycles. The standard InChI is InChI=1S/C24H24N4O2/c1-3-25-27-23(29)20-14-18-19(15-28(2)24(30)22(18)26-20)21(16-10-6-4-7-11-16)17-12-8-5-9-13-17/h4-15,21,25-26H,3H2,1-2H3,(H,27,29). The van der Waals surface area contributed by atoms with Gasteiger partial charge in [0.2, 0.25) is 0 Å². The zero-order valence-corrected chi connectivity index (χ0v) is 17.0. The summed E-state index contributed by atoms with van der Waals surface area (Å²) in [7, 11) is 1.73. The van der Waals surface area contributed by atoms with Gasteiger partial charge < -0.3 is 9.55 Å². The Labute approximate surface area is 174 Å². The third-order valence-electron chi connectivity index (χ3n) is 5.20. The fourth-order valence-electron chi connectivity index (χ4n) is 3.79. The highest BCUT2D eigenvalue weighted by molar-refractivity contribution is 5.98. The fraction of sp³-hybridized carbons (Fsp3) is 0.167. The molecule has 0 saturated heterocycles. The van der Waals surface area contributed by atoms with Crippen molar-refractivity contribution in [2.45, 2.75) is 12.8 Å². The Bertz CT molecular complexity index is 1190. The van der Waals surface area contributed by atoms with E-state index in [0.717, 1.165) is 22.1 Å². The van der Waals surface area contributed by atoms with Crippen LogP contribution in [-0.2, 0) is 7.05 Å². The molecule has 0 atom stereocenters. The fourth-order valence-corrected chi connectivity index (χ4v) is 3.79. The maximum absolute atomic E-state index is 12.8. The lowest BCUT2D eigenvalue weighted by Gasteiger charge is -2.20. The number of fused-ring (bicyclic) bond motifs is 1. The molecule has 0 aliphatic rings. The summed E-state index contributed by atoms with van der Waals surface area (Å²) < 4.78 is 1.57. The number of pyridine rings is 1. The van der Waals surface area contributed by atoms with Crippen LogP contribution in [0.3, 0.4) is 0 Å². The monoisotopic (exact) mass is 400 g/mol. The van der Waals surface area contributed by atoms with E-state index in [1.165, 1.54) is 0 Å². The van der Waals surface area contributed by atoms with Crippen molar-refractivity contribution >= 4 is 16.8 Å². The number of hydrogen-bond acceptors (Lipinski definition) is 3. The van der Waals surface area contributed by atoms with Gasteiger partial charge in [0.1, 0.15) is 11.2 Å². The number of benzene rings is 2. The van der Waals surface area contributed by atoms with Crippen molar-refractivity contribution in [3.8, 4) is 0 Å². The second-order valence-electron chi connectivity index (χ2n) is 7.21.